The summed E-state index contributed by atoms with van der Waals surface area (Å²) in [6.07, 6.45) is 4.61. The molecule has 1 saturated carbocycles. The molecule has 2 N–H and O–H groups in total. The highest BCUT2D eigenvalue weighted by atomic mass is 35.5. The van der Waals surface area contributed by atoms with Crippen molar-refractivity contribution >= 4 is 34.1 Å². The predicted molar refractivity (Wildman–Crippen MR) is 133 cm³/mol. The van der Waals surface area contributed by atoms with Crippen LogP contribution < -0.4 is 15.4 Å². The average Bonchev–Trinajstić information content (AvgIpc) is 2.81. The number of nitrogens with one attached hydrogen (secondary N) is 2. The third-order valence-corrected chi connectivity index (χ3v) is 7.09. The van der Waals surface area contributed by atoms with E-state index in [-0.39, 0.29) is 5.60 Å². The quantitative estimate of drug-likeness (QED) is 0.448. The first-order valence-corrected chi connectivity index (χ1v) is 12.4. The molecule has 174 valence electrons. The van der Waals surface area contributed by atoms with Crippen molar-refractivity contribution in [1.82, 2.24) is 15.6 Å². The highest BCUT2D eigenvalue weighted by Gasteiger charge is 2.41. The molecule has 1 saturated heterocycles. The third kappa shape index (κ3) is 5.79. The van der Waals surface area contributed by atoms with Gasteiger partial charge in [0.15, 0.2) is 5.60 Å². The Morgan fingerprint density at radius 3 is 2.27 bits per heavy atom. The molecular formula is C26H29Cl2N3O2. The van der Waals surface area contributed by atoms with Crippen LogP contribution in [0.2, 0.25) is 10.0 Å². The van der Waals surface area contributed by atoms with Crippen LogP contribution in [0.4, 0.5) is 0 Å². The lowest BCUT2D eigenvalue weighted by atomic mass is 9.90. The summed E-state index contributed by atoms with van der Waals surface area (Å²) in [4.78, 5) is 4.76. The number of hydrogen-bond acceptors (Lipinski definition) is 5. The molecule has 0 amide bonds. The maximum atomic E-state index is 6.26. The Kier molecular flexibility index (Phi) is 7.05. The van der Waals surface area contributed by atoms with Crippen LogP contribution in [0, 0.1) is 0 Å². The van der Waals surface area contributed by atoms with E-state index in [4.69, 9.17) is 37.7 Å². The van der Waals surface area contributed by atoms with Crippen molar-refractivity contribution in [2.45, 2.75) is 49.9 Å². The number of halogens is 2. The number of hydrogen-bond donors (Lipinski definition) is 2. The van der Waals surface area contributed by atoms with Crippen LogP contribution in [-0.2, 0) is 11.3 Å². The van der Waals surface area contributed by atoms with Gasteiger partial charge in [-0.3, -0.25) is 4.98 Å². The van der Waals surface area contributed by atoms with Gasteiger partial charge in [-0.1, -0.05) is 29.3 Å². The van der Waals surface area contributed by atoms with Gasteiger partial charge in [0, 0.05) is 40.6 Å². The Labute approximate surface area is 204 Å². The first-order valence-electron chi connectivity index (χ1n) is 11.6. The second kappa shape index (κ2) is 10.2. The summed E-state index contributed by atoms with van der Waals surface area (Å²) in [6.45, 7) is 2.81. The first-order chi connectivity index (χ1) is 16.1. The van der Waals surface area contributed by atoms with Crippen LogP contribution in [-0.4, -0.2) is 42.4 Å². The average molecular weight is 486 g/mol. The molecule has 7 heteroatoms. The molecule has 2 heterocycles. The molecule has 1 aromatic heterocycles. The van der Waals surface area contributed by atoms with E-state index < -0.39 is 0 Å². The SMILES string of the molecule is Clc1ccc(OC2(CN[C@H]3CC[C@H](NCc4ccc5cc(Cl)ccc5n4)CC3)COC2)cc1. The van der Waals surface area contributed by atoms with Crippen molar-refractivity contribution < 1.29 is 9.47 Å². The molecule has 1 aliphatic carbocycles. The molecule has 0 bridgehead atoms. The minimum Gasteiger partial charge on any atom is -0.481 e. The molecule has 0 radical (unpaired) electrons. The van der Waals surface area contributed by atoms with E-state index in [1.807, 2.05) is 42.5 Å². The second-order valence-corrected chi connectivity index (χ2v) is 10.1. The first kappa shape index (κ1) is 22.9. The van der Waals surface area contributed by atoms with Gasteiger partial charge in [-0.2, -0.15) is 0 Å². The highest BCUT2D eigenvalue weighted by Crippen LogP contribution is 2.27. The van der Waals surface area contributed by atoms with E-state index in [1.165, 1.54) is 0 Å². The Balaban J connectivity index is 1.06. The number of benzene rings is 2. The van der Waals surface area contributed by atoms with Gasteiger partial charge in [-0.15, -0.1) is 0 Å². The van der Waals surface area contributed by atoms with E-state index in [0.29, 0.717) is 30.3 Å². The molecule has 2 aliphatic rings. The maximum absolute atomic E-state index is 6.26. The van der Waals surface area contributed by atoms with E-state index in [0.717, 1.165) is 66.1 Å². The molecule has 0 spiro atoms. The molecule has 2 fully saturated rings. The van der Waals surface area contributed by atoms with Gasteiger partial charge in [-0.05, 0) is 74.2 Å². The normalized spacial score (nSPS) is 22.1. The monoisotopic (exact) mass is 485 g/mol. The van der Waals surface area contributed by atoms with Gasteiger partial charge in [0.2, 0.25) is 0 Å². The van der Waals surface area contributed by atoms with Crippen molar-refractivity contribution in [2.75, 3.05) is 19.8 Å². The minimum atomic E-state index is -0.283. The standard InChI is InChI=1S/C26H29Cl2N3O2/c27-19-2-10-24(11-3-19)33-26(16-32-17-26)15-30-22-8-6-21(7-9-22)29-14-23-5-1-18-13-20(28)4-12-25(18)31-23/h1-5,10-13,21-22,29-30H,6-9,14-17H2/t21-,22-. The van der Waals surface area contributed by atoms with Gasteiger partial charge < -0.3 is 20.1 Å². The molecule has 5 rings (SSSR count). The lowest BCUT2D eigenvalue weighted by molar-refractivity contribution is -0.159. The molecule has 1 aliphatic heterocycles. The molecule has 5 nitrogen and oxygen atoms in total. The zero-order valence-electron chi connectivity index (χ0n) is 18.5. The Hall–Kier alpha value is -1.89. The van der Waals surface area contributed by atoms with E-state index in [2.05, 4.69) is 22.8 Å². The summed E-state index contributed by atoms with van der Waals surface area (Å²) >= 11 is 12.1. The molecule has 0 atom stereocenters. The summed E-state index contributed by atoms with van der Waals surface area (Å²) in [7, 11) is 0. The van der Waals surface area contributed by atoms with Crippen molar-refractivity contribution in [1.29, 1.82) is 0 Å². The van der Waals surface area contributed by atoms with Crippen molar-refractivity contribution in [3.63, 3.8) is 0 Å². The smallest absolute Gasteiger partial charge is 0.167 e. The fourth-order valence-electron chi connectivity index (χ4n) is 4.60. The van der Waals surface area contributed by atoms with E-state index in [1.54, 1.807) is 0 Å². The zero-order chi connectivity index (χ0) is 22.7. The van der Waals surface area contributed by atoms with Crippen LogP contribution in [0.1, 0.15) is 31.4 Å². The third-order valence-electron chi connectivity index (χ3n) is 6.60. The number of fused-ring (bicyclic) bond motifs is 1. The number of ether oxygens (including phenoxy) is 2. The molecule has 2 aromatic carbocycles. The van der Waals surface area contributed by atoms with Crippen LogP contribution >= 0.6 is 23.2 Å². The van der Waals surface area contributed by atoms with Gasteiger partial charge in [0.25, 0.3) is 0 Å². The van der Waals surface area contributed by atoms with Gasteiger partial charge in [0.1, 0.15) is 5.75 Å². The van der Waals surface area contributed by atoms with Crippen LogP contribution in [0.15, 0.2) is 54.6 Å². The summed E-state index contributed by atoms with van der Waals surface area (Å²) in [6, 6.07) is 18.6. The predicted octanol–water partition coefficient (Wildman–Crippen LogP) is 5.38. The maximum Gasteiger partial charge on any atom is 0.167 e. The highest BCUT2D eigenvalue weighted by molar-refractivity contribution is 6.31. The summed E-state index contributed by atoms with van der Waals surface area (Å²) in [5.74, 6) is 0.836. The van der Waals surface area contributed by atoms with Crippen molar-refractivity contribution in [3.05, 3.63) is 70.3 Å². The lowest BCUT2D eigenvalue weighted by Crippen LogP contribution is -2.61. The van der Waals surface area contributed by atoms with E-state index >= 15 is 0 Å². The van der Waals surface area contributed by atoms with Crippen LogP contribution in [0.5, 0.6) is 5.75 Å². The molecule has 0 unspecified atom stereocenters. The summed E-state index contributed by atoms with van der Waals surface area (Å²) in [5.41, 5.74) is 1.77. The second-order valence-electron chi connectivity index (χ2n) is 9.18. The zero-order valence-corrected chi connectivity index (χ0v) is 20.0. The molecular weight excluding hydrogens is 457 g/mol. The van der Waals surface area contributed by atoms with E-state index in [9.17, 15) is 0 Å². The minimum absolute atomic E-state index is 0.283. The number of aromatic nitrogens is 1. The Bertz CT molecular complexity index is 1080. The largest absolute Gasteiger partial charge is 0.481 e. The lowest BCUT2D eigenvalue weighted by Gasteiger charge is -2.43. The van der Waals surface area contributed by atoms with Crippen LogP contribution in [0.25, 0.3) is 10.9 Å². The Morgan fingerprint density at radius 2 is 1.58 bits per heavy atom. The van der Waals surface area contributed by atoms with Crippen molar-refractivity contribution in [3.8, 4) is 5.75 Å². The number of rotatable bonds is 8. The number of pyridine rings is 1. The Morgan fingerprint density at radius 1 is 0.879 bits per heavy atom. The summed E-state index contributed by atoms with van der Waals surface area (Å²) in [5, 5.41) is 9.96. The number of nitrogens with zero attached hydrogens (tertiary/aromatic N) is 1. The molecule has 33 heavy (non-hydrogen) atoms. The fraction of sp³-hybridized carbons (Fsp3) is 0.423. The van der Waals surface area contributed by atoms with Crippen LogP contribution in [0.3, 0.4) is 0 Å². The van der Waals surface area contributed by atoms with Gasteiger partial charge in [0.05, 0.1) is 24.4 Å². The van der Waals surface area contributed by atoms with Crippen molar-refractivity contribution in [2.24, 2.45) is 0 Å². The summed E-state index contributed by atoms with van der Waals surface area (Å²) < 4.78 is 11.7. The molecule has 3 aromatic rings. The van der Waals surface area contributed by atoms with Gasteiger partial charge >= 0.3 is 0 Å². The fourth-order valence-corrected chi connectivity index (χ4v) is 4.90. The topological polar surface area (TPSA) is 55.4 Å². The van der Waals surface area contributed by atoms with Gasteiger partial charge in [-0.25, -0.2) is 0 Å².